The van der Waals surface area contributed by atoms with Crippen LogP contribution in [0.4, 0.5) is 11.4 Å². The van der Waals surface area contributed by atoms with E-state index in [1.165, 1.54) is 90.9 Å². The predicted octanol–water partition coefficient (Wildman–Crippen LogP) is 16.1. The zero-order valence-electron chi connectivity index (χ0n) is 38.9. The van der Waals surface area contributed by atoms with Gasteiger partial charge in [-0.05, 0) is 114 Å². The summed E-state index contributed by atoms with van der Waals surface area (Å²) in [6.07, 6.45) is 0. The molecule has 71 heavy (non-hydrogen) atoms. The van der Waals surface area contributed by atoms with Crippen LogP contribution in [0.15, 0.2) is 299 Å². The molecule has 0 amide bonds. The summed E-state index contributed by atoms with van der Waals surface area (Å²) in [7, 11) is -1.91. The van der Waals surface area contributed by atoms with Gasteiger partial charge < -0.3 is 13.9 Å². The van der Waals surface area contributed by atoms with Gasteiger partial charge in [-0.3, -0.25) is 0 Å². The normalized spacial score (nSPS) is 12.7. The zero-order chi connectivity index (χ0) is 46.9. The Balaban J connectivity index is 0.968. The molecule has 2 aromatic heterocycles. The van der Waals surface area contributed by atoms with Crippen molar-refractivity contribution in [2.45, 2.75) is 19.6 Å². The molecule has 0 N–H and O–H groups in total. The maximum Gasteiger partial charge on any atom is 0.328 e. The van der Waals surface area contributed by atoms with E-state index in [-0.39, 0.29) is 6.85 Å². The van der Waals surface area contributed by atoms with Crippen molar-refractivity contribution in [2.24, 2.45) is 0 Å². The maximum absolute atomic E-state index is 2.54. The highest BCUT2D eigenvalue weighted by atomic mass is 32.3. The lowest BCUT2D eigenvalue weighted by molar-refractivity contribution is 1.16. The van der Waals surface area contributed by atoms with Crippen LogP contribution in [0.25, 0.3) is 66.1 Å². The highest BCUT2D eigenvalue weighted by molar-refractivity contribution is 8.34. The molecule has 0 spiro atoms. The lowest BCUT2D eigenvalue weighted by Gasteiger charge is -2.42. The summed E-state index contributed by atoms with van der Waals surface area (Å²) in [5.74, 6) is 0. The molecule has 0 atom stereocenters. The van der Waals surface area contributed by atoms with Crippen molar-refractivity contribution in [3.05, 3.63) is 279 Å². The highest BCUT2D eigenvalue weighted by Gasteiger charge is 2.37. The van der Waals surface area contributed by atoms with E-state index in [1.807, 2.05) is 0 Å². The number of fused-ring (bicyclic) bond motifs is 9. The lowest BCUT2D eigenvalue weighted by Crippen LogP contribution is -2.57. The number of anilines is 2. The van der Waals surface area contributed by atoms with Gasteiger partial charge >= 0.3 is 6.85 Å². The molecule has 0 saturated carbocycles. The second kappa shape index (κ2) is 16.7. The molecule has 14 rings (SSSR count). The molecule has 3 nitrogen and oxygen atoms in total. The van der Waals surface area contributed by atoms with E-state index in [9.17, 15) is 0 Å². The summed E-state index contributed by atoms with van der Waals surface area (Å²) >= 11 is 0. The van der Waals surface area contributed by atoms with E-state index in [4.69, 9.17) is 0 Å². The quantitative estimate of drug-likeness (QED) is 0.138. The summed E-state index contributed by atoms with van der Waals surface area (Å²) in [5.41, 5.74) is 14.4. The second-order valence-corrected chi connectivity index (χ2v) is 21.6. The van der Waals surface area contributed by atoms with E-state index in [0.29, 0.717) is 0 Å². The Morgan fingerprint density at radius 1 is 0.282 bits per heavy atom. The van der Waals surface area contributed by atoms with Crippen molar-refractivity contribution in [1.82, 2.24) is 9.13 Å². The van der Waals surface area contributed by atoms with Crippen molar-refractivity contribution >= 4 is 82.8 Å². The molecule has 13 aromatic rings. The van der Waals surface area contributed by atoms with Crippen LogP contribution in [0.2, 0.25) is 0 Å². The van der Waals surface area contributed by atoms with Crippen LogP contribution in [-0.2, 0) is 0 Å². The Hall–Kier alpha value is -8.77. The smallest absolute Gasteiger partial charge is 0.328 e. The fourth-order valence-corrected chi connectivity index (χ4v) is 15.6. The fourth-order valence-electron chi connectivity index (χ4n) is 11.7. The van der Waals surface area contributed by atoms with Gasteiger partial charge in [0.05, 0.1) is 22.1 Å². The second-order valence-electron chi connectivity index (χ2n) is 18.4. The standard InChI is InChI=1S/C66H46BN3S/c1-5-22-47(23-6-1)67-61-36-17-13-32-55(61)56-33-16-20-39-65(56)70(67)50-25-21-24-48(44-50)68-63-38-19-15-35-58(63)60-45-49(40-43-64(60)68)69-62-37-18-14-34-57(62)59-42-41-54(46-66(59)69)71(51-26-7-2-8-27-51,52-28-9-3-10-29-52)53-30-11-4-12-31-53/h1-46H. The average Bonchev–Trinajstić information content (AvgIpc) is 3.96. The van der Waals surface area contributed by atoms with Gasteiger partial charge in [0.1, 0.15) is 0 Å². The molecule has 0 bridgehead atoms. The molecule has 5 heteroatoms. The first-order valence-electron chi connectivity index (χ1n) is 24.4. The van der Waals surface area contributed by atoms with Crippen molar-refractivity contribution in [3.8, 4) is 22.5 Å². The number of nitrogens with zero attached hydrogens (tertiary/aromatic N) is 3. The van der Waals surface area contributed by atoms with E-state index in [0.717, 1.165) is 17.1 Å². The first-order chi connectivity index (χ1) is 35.3. The summed E-state index contributed by atoms with van der Waals surface area (Å²) < 4.78 is 4.96. The van der Waals surface area contributed by atoms with Crippen molar-refractivity contribution < 1.29 is 0 Å². The third-order valence-electron chi connectivity index (χ3n) is 14.7. The van der Waals surface area contributed by atoms with Crippen LogP contribution < -0.4 is 15.7 Å². The Morgan fingerprint density at radius 3 is 1.45 bits per heavy atom. The number of benzene rings is 11. The molecular weight excluding hydrogens is 878 g/mol. The van der Waals surface area contributed by atoms with Gasteiger partial charge in [0.25, 0.3) is 0 Å². The van der Waals surface area contributed by atoms with Gasteiger partial charge in [0, 0.05) is 69.4 Å². The van der Waals surface area contributed by atoms with E-state index >= 15 is 0 Å². The van der Waals surface area contributed by atoms with E-state index in [2.05, 4.69) is 293 Å². The molecule has 0 aliphatic carbocycles. The summed E-state index contributed by atoms with van der Waals surface area (Å²) in [4.78, 5) is 7.76. The first kappa shape index (κ1) is 41.2. The fraction of sp³-hybridized carbons (Fsp3) is 0. The van der Waals surface area contributed by atoms with E-state index < -0.39 is 10.0 Å². The molecule has 11 aromatic carbocycles. The molecule has 1 aliphatic rings. The Kier molecular flexibility index (Phi) is 9.72. The Bertz CT molecular complexity index is 4030. The third-order valence-corrected chi connectivity index (χ3v) is 18.6. The molecule has 3 heterocycles. The number of aromatic nitrogens is 2. The van der Waals surface area contributed by atoms with Crippen LogP contribution >= 0.6 is 10.0 Å². The van der Waals surface area contributed by atoms with Gasteiger partial charge in [-0.2, -0.15) is 0 Å². The largest absolute Gasteiger partial charge is 0.376 e. The van der Waals surface area contributed by atoms with E-state index in [1.54, 1.807) is 0 Å². The minimum absolute atomic E-state index is 0.00942. The van der Waals surface area contributed by atoms with Gasteiger partial charge in [0.2, 0.25) is 0 Å². The topological polar surface area (TPSA) is 13.1 Å². The molecule has 0 fully saturated rings. The van der Waals surface area contributed by atoms with Gasteiger partial charge in [-0.15, -0.1) is 10.0 Å². The number of hydrogen-bond acceptors (Lipinski definition) is 1. The number of rotatable bonds is 8. The van der Waals surface area contributed by atoms with Gasteiger partial charge in [-0.25, -0.2) is 0 Å². The summed E-state index contributed by atoms with van der Waals surface area (Å²) in [6.45, 7) is -0.00942. The molecule has 334 valence electrons. The Morgan fingerprint density at radius 2 is 0.775 bits per heavy atom. The zero-order valence-corrected chi connectivity index (χ0v) is 39.7. The van der Waals surface area contributed by atoms with Crippen molar-refractivity contribution in [2.75, 3.05) is 4.81 Å². The average molecular weight is 924 g/mol. The SMILES string of the molecule is c1ccc(B2c3ccccc3-c3ccccc3N2c2cccc(-n3c4ccccc4c4cc(-n5c6ccccc6c6ccc(S(c7ccccc7)(c7ccccc7)c7ccccc7)cc65)ccc43)c2)cc1. The molecule has 0 radical (unpaired) electrons. The van der Waals surface area contributed by atoms with Crippen LogP contribution in [0, 0.1) is 0 Å². The maximum atomic E-state index is 2.54. The predicted molar refractivity (Wildman–Crippen MR) is 301 cm³/mol. The van der Waals surface area contributed by atoms with Gasteiger partial charge in [-0.1, -0.05) is 181 Å². The van der Waals surface area contributed by atoms with Crippen LogP contribution in [0.5, 0.6) is 0 Å². The number of hydrogen-bond donors (Lipinski definition) is 0. The van der Waals surface area contributed by atoms with Crippen LogP contribution in [0.1, 0.15) is 0 Å². The molecule has 1 aliphatic heterocycles. The van der Waals surface area contributed by atoms with Crippen molar-refractivity contribution in [1.29, 1.82) is 0 Å². The number of para-hydroxylation sites is 3. The Labute approximate surface area is 415 Å². The van der Waals surface area contributed by atoms with Crippen LogP contribution in [0.3, 0.4) is 0 Å². The van der Waals surface area contributed by atoms with Gasteiger partial charge in [0.15, 0.2) is 0 Å². The van der Waals surface area contributed by atoms with Crippen LogP contribution in [-0.4, -0.2) is 16.0 Å². The minimum atomic E-state index is -1.91. The summed E-state index contributed by atoms with van der Waals surface area (Å²) in [6, 6.07) is 103. The monoisotopic (exact) mass is 923 g/mol. The third kappa shape index (κ3) is 6.40. The molecule has 0 unspecified atom stereocenters. The summed E-state index contributed by atoms with van der Waals surface area (Å²) in [5, 5.41) is 4.91. The van der Waals surface area contributed by atoms with Crippen molar-refractivity contribution in [3.63, 3.8) is 0 Å². The lowest BCUT2D eigenvalue weighted by atomic mass is 9.46. The molecular formula is C66H46BN3S. The highest BCUT2D eigenvalue weighted by Crippen LogP contribution is 2.73. The first-order valence-corrected chi connectivity index (χ1v) is 26.1. The molecule has 0 saturated heterocycles. The minimum Gasteiger partial charge on any atom is -0.376 e.